The average Bonchev–Trinajstić information content (AvgIpc) is 3.03. The molecular weight excluding hydrogens is 270 g/mol. The van der Waals surface area contributed by atoms with Crippen LogP contribution in [0.25, 0.3) is 10.9 Å². The number of aromatic amines is 1. The molecule has 1 aliphatic heterocycles. The molecule has 2 atom stereocenters. The normalized spacial score (nSPS) is 23.0. The monoisotopic (exact) mass is 299 g/mol. The first-order valence-corrected chi connectivity index (χ1v) is 8.55. The van der Waals surface area contributed by atoms with Gasteiger partial charge in [-0.25, -0.2) is 0 Å². The van der Waals surface area contributed by atoms with Crippen molar-refractivity contribution in [2.24, 2.45) is 5.92 Å². The first kappa shape index (κ1) is 15.6. The van der Waals surface area contributed by atoms with Gasteiger partial charge in [0.05, 0.1) is 0 Å². The van der Waals surface area contributed by atoms with E-state index in [1.807, 2.05) is 0 Å². The van der Waals surface area contributed by atoms with Crippen LogP contribution in [0.4, 0.5) is 0 Å². The van der Waals surface area contributed by atoms with E-state index in [-0.39, 0.29) is 0 Å². The number of nitrogens with one attached hydrogen (secondary N) is 1. The van der Waals surface area contributed by atoms with E-state index in [4.69, 9.17) is 0 Å². The molecule has 0 radical (unpaired) electrons. The van der Waals surface area contributed by atoms with Gasteiger partial charge in [-0.3, -0.25) is 4.90 Å². The van der Waals surface area contributed by atoms with Crippen LogP contribution in [0.15, 0.2) is 24.3 Å². The number of H-pyrrole nitrogens is 1. The third-order valence-electron chi connectivity index (χ3n) is 5.26. The molecular formula is C19H29N3. The van der Waals surface area contributed by atoms with Crippen molar-refractivity contribution in [3.63, 3.8) is 0 Å². The number of hydrogen-bond acceptors (Lipinski definition) is 2. The highest BCUT2D eigenvalue weighted by Gasteiger charge is 2.33. The van der Waals surface area contributed by atoms with Gasteiger partial charge in [0.1, 0.15) is 0 Å². The molecule has 0 bridgehead atoms. The van der Waals surface area contributed by atoms with E-state index in [1.165, 1.54) is 48.1 Å². The molecule has 1 saturated heterocycles. The number of benzene rings is 1. The molecule has 120 valence electrons. The fourth-order valence-corrected chi connectivity index (χ4v) is 4.03. The maximum atomic E-state index is 3.63. The van der Waals surface area contributed by atoms with Gasteiger partial charge in [-0.1, -0.05) is 31.5 Å². The van der Waals surface area contributed by atoms with Crippen molar-refractivity contribution in [1.82, 2.24) is 14.8 Å². The first-order valence-electron chi connectivity index (χ1n) is 8.55. The van der Waals surface area contributed by atoms with E-state index in [0.29, 0.717) is 6.04 Å². The molecule has 1 fully saturated rings. The van der Waals surface area contributed by atoms with E-state index in [0.717, 1.165) is 12.5 Å². The van der Waals surface area contributed by atoms with Crippen LogP contribution >= 0.6 is 0 Å². The second-order valence-corrected chi connectivity index (χ2v) is 7.05. The molecule has 1 aromatic carbocycles. The summed E-state index contributed by atoms with van der Waals surface area (Å²) in [5, 5.41) is 1.37. The molecule has 3 rings (SSSR count). The first-order chi connectivity index (χ1) is 10.6. The van der Waals surface area contributed by atoms with Gasteiger partial charge in [0.25, 0.3) is 0 Å². The fraction of sp³-hybridized carbons (Fsp3) is 0.579. The maximum Gasteiger partial charge on any atom is 0.0459 e. The number of fused-ring (bicyclic) bond motifs is 1. The standard InChI is InChI=1S/C19H29N3/c1-5-8-15-11-22(13-19(15)21(3)4)12-18-14(2)16-9-6-7-10-17(16)20-18/h6-7,9-10,15,19-20H,5,8,11-13H2,1-4H3/t15-,19-/m1/s1. The van der Waals surface area contributed by atoms with Gasteiger partial charge in [-0.2, -0.15) is 0 Å². The van der Waals surface area contributed by atoms with Crippen LogP contribution in [0.5, 0.6) is 0 Å². The van der Waals surface area contributed by atoms with E-state index in [2.05, 4.69) is 67.0 Å². The minimum absolute atomic E-state index is 0.699. The Labute approximate surface area is 134 Å². The number of likely N-dealkylation sites (N-methyl/N-ethyl adjacent to an activating group) is 1. The van der Waals surface area contributed by atoms with Gasteiger partial charge in [0.2, 0.25) is 0 Å². The molecule has 1 aromatic heterocycles. The summed E-state index contributed by atoms with van der Waals surface area (Å²) in [5.74, 6) is 0.810. The highest BCUT2D eigenvalue weighted by atomic mass is 15.2. The van der Waals surface area contributed by atoms with Gasteiger partial charge < -0.3 is 9.88 Å². The van der Waals surface area contributed by atoms with Gasteiger partial charge in [-0.05, 0) is 45.0 Å². The lowest BCUT2D eigenvalue weighted by molar-refractivity contribution is 0.238. The lowest BCUT2D eigenvalue weighted by Crippen LogP contribution is -2.35. The highest BCUT2D eigenvalue weighted by molar-refractivity contribution is 5.84. The van der Waals surface area contributed by atoms with Crippen LogP contribution < -0.4 is 0 Å². The Morgan fingerprint density at radius 2 is 2.00 bits per heavy atom. The minimum atomic E-state index is 0.699. The molecule has 3 heteroatoms. The van der Waals surface area contributed by atoms with E-state index < -0.39 is 0 Å². The zero-order valence-corrected chi connectivity index (χ0v) is 14.4. The topological polar surface area (TPSA) is 22.3 Å². The predicted octanol–water partition coefficient (Wildman–Crippen LogP) is 3.64. The third kappa shape index (κ3) is 2.92. The van der Waals surface area contributed by atoms with Crippen molar-refractivity contribution in [1.29, 1.82) is 0 Å². The Morgan fingerprint density at radius 3 is 2.68 bits per heavy atom. The second-order valence-electron chi connectivity index (χ2n) is 7.05. The molecule has 0 saturated carbocycles. The summed E-state index contributed by atoms with van der Waals surface area (Å²) in [6.07, 6.45) is 2.62. The average molecular weight is 299 g/mol. The van der Waals surface area contributed by atoms with Crippen molar-refractivity contribution >= 4 is 10.9 Å². The highest BCUT2D eigenvalue weighted by Crippen LogP contribution is 2.28. The van der Waals surface area contributed by atoms with Crippen molar-refractivity contribution in [2.45, 2.75) is 39.3 Å². The van der Waals surface area contributed by atoms with Crippen molar-refractivity contribution in [3.05, 3.63) is 35.5 Å². The van der Waals surface area contributed by atoms with Crippen LogP contribution in [0.3, 0.4) is 0 Å². The number of likely N-dealkylation sites (tertiary alicyclic amines) is 1. The minimum Gasteiger partial charge on any atom is -0.357 e. The number of para-hydroxylation sites is 1. The molecule has 2 aromatic rings. The summed E-state index contributed by atoms with van der Waals surface area (Å²) in [7, 11) is 4.45. The molecule has 1 aliphatic rings. The van der Waals surface area contributed by atoms with Gasteiger partial charge in [0, 0.05) is 42.3 Å². The Bertz CT molecular complexity index is 629. The van der Waals surface area contributed by atoms with E-state index >= 15 is 0 Å². The number of aryl methyl sites for hydroxylation is 1. The van der Waals surface area contributed by atoms with E-state index in [1.54, 1.807) is 0 Å². The lowest BCUT2D eigenvalue weighted by atomic mass is 9.98. The molecule has 0 amide bonds. The van der Waals surface area contributed by atoms with Crippen LogP contribution in [0.1, 0.15) is 31.0 Å². The molecule has 0 aliphatic carbocycles. The summed E-state index contributed by atoms with van der Waals surface area (Å²) in [5.41, 5.74) is 4.07. The number of nitrogens with zero attached hydrogens (tertiary/aromatic N) is 2. The second kappa shape index (κ2) is 6.43. The number of aromatic nitrogens is 1. The van der Waals surface area contributed by atoms with Crippen molar-refractivity contribution < 1.29 is 0 Å². The van der Waals surface area contributed by atoms with Gasteiger partial charge in [-0.15, -0.1) is 0 Å². The predicted molar refractivity (Wildman–Crippen MR) is 94.2 cm³/mol. The molecule has 2 heterocycles. The molecule has 0 spiro atoms. The quantitative estimate of drug-likeness (QED) is 0.910. The van der Waals surface area contributed by atoms with Crippen molar-refractivity contribution in [3.8, 4) is 0 Å². The zero-order chi connectivity index (χ0) is 15.7. The Morgan fingerprint density at radius 1 is 1.23 bits per heavy atom. The summed E-state index contributed by atoms with van der Waals surface area (Å²) < 4.78 is 0. The zero-order valence-electron chi connectivity index (χ0n) is 14.4. The molecule has 0 unspecified atom stereocenters. The fourth-order valence-electron chi connectivity index (χ4n) is 4.03. The van der Waals surface area contributed by atoms with Crippen LogP contribution in [-0.2, 0) is 6.54 Å². The van der Waals surface area contributed by atoms with Crippen LogP contribution in [-0.4, -0.2) is 48.0 Å². The van der Waals surface area contributed by atoms with Crippen LogP contribution in [0, 0.1) is 12.8 Å². The van der Waals surface area contributed by atoms with Crippen LogP contribution in [0.2, 0.25) is 0 Å². The third-order valence-corrected chi connectivity index (χ3v) is 5.26. The number of rotatable bonds is 5. The smallest absolute Gasteiger partial charge is 0.0459 e. The molecule has 22 heavy (non-hydrogen) atoms. The number of hydrogen-bond donors (Lipinski definition) is 1. The SMILES string of the molecule is CCC[C@@H]1CN(Cc2[nH]c3ccccc3c2C)C[C@H]1N(C)C. The summed E-state index contributed by atoms with van der Waals surface area (Å²) in [6, 6.07) is 9.33. The Kier molecular flexibility index (Phi) is 4.55. The summed E-state index contributed by atoms with van der Waals surface area (Å²) >= 11 is 0. The van der Waals surface area contributed by atoms with Gasteiger partial charge >= 0.3 is 0 Å². The molecule has 3 nitrogen and oxygen atoms in total. The lowest BCUT2D eigenvalue weighted by Gasteiger charge is -2.24. The van der Waals surface area contributed by atoms with E-state index in [9.17, 15) is 0 Å². The molecule has 1 N–H and O–H groups in total. The Balaban J connectivity index is 1.76. The van der Waals surface area contributed by atoms with Gasteiger partial charge in [0.15, 0.2) is 0 Å². The summed E-state index contributed by atoms with van der Waals surface area (Å²) in [4.78, 5) is 8.67. The Hall–Kier alpha value is -1.32. The largest absolute Gasteiger partial charge is 0.357 e. The maximum absolute atomic E-state index is 3.63. The van der Waals surface area contributed by atoms with Crippen molar-refractivity contribution in [2.75, 3.05) is 27.2 Å². The summed E-state index contributed by atoms with van der Waals surface area (Å²) in [6.45, 7) is 8.01.